The van der Waals surface area contributed by atoms with Gasteiger partial charge in [0.25, 0.3) is 0 Å². The molecule has 3 rings (SSSR count). The normalized spacial score (nSPS) is 15.2. The van der Waals surface area contributed by atoms with E-state index in [1.807, 2.05) is 37.3 Å². The molecule has 0 spiro atoms. The van der Waals surface area contributed by atoms with Crippen molar-refractivity contribution < 1.29 is 9.18 Å². The van der Waals surface area contributed by atoms with Crippen molar-refractivity contribution in [2.75, 3.05) is 5.32 Å². The van der Waals surface area contributed by atoms with Crippen LogP contribution in [-0.2, 0) is 0 Å². The van der Waals surface area contributed by atoms with Crippen LogP contribution in [0.5, 0.6) is 0 Å². The minimum atomic E-state index is -0.419. The smallest absolute Gasteiger partial charge is 0.319 e. The van der Waals surface area contributed by atoms with Gasteiger partial charge in [-0.2, -0.15) is 0 Å². The van der Waals surface area contributed by atoms with E-state index in [0.717, 1.165) is 24.0 Å². The minimum Gasteiger partial charge on any atom is -0.331 e. The molecule has 1 atom stereocenters. The highest BCUT2D eigenvalue weighted by Crippen LogP contribution is 2.40. The molecule has 2 N–H and O–H groups in total. The third-order valence-electron chi connectivity index (χ3n) is 3.91. The van der Waals surface area contributed by atoms with Crippen LogP contribution in [0.3, 0.4) is 0 Å². The summed E-state index contributed by atoms with van der Waals surface area (Å²) in [5, 5.41) is 5.56. The maximum atomic E-state index is 13.8. The molecule has 4 heteroatoms. The second-order valence-electron chi connectivity index (χ2n) is 5.81. The first-order valence-corrected chi connectivity index (χ1v) is 7.52. The topological polar surface area (TPSA) is 41.1 Å². The molecule has 2 aromatic rings. The van der Waals surface area contributed by atoms with Crippen molar-refractivity contribution in [3.05, 3.63) is 65.5 Å². The second-order valence-corrected chi connectivity index (χ2v) is 5.81. The van der Waals surface area contributed by atoms with Crippen LogP contribution in [0.4, 0.5) is 14.9 Å². The third kappa shape index (κ3) is 3.45. The summed E-state index contributed by atoms with van der Waals surface area (Å²) in [6.07, 6.45) is 2.22. The molecule has 0 saturated heterocycles. The summed E-state index contributed by atoms with van der Waals surface area (Å²) in [4.78, 5) is 12.2. The molecule has 114 valence electrons. The number of anilines is 1. The van der Waals surface area contributed by atoms with Crippen LogP contribution in [0.15, 0.2) is 48.5 Å². The van der Waals surface area contributed by atoms with E-state index in [1.165, 1.54) is 6.07 Å². The molecule has 2 aromatic carbocycles. The average molecular weight is 298 g/mol. The van der Waals surface area contributed by atoms with E-state index in [1.54, 1.807) is 12.1 Å². The Balaban J connectivity index is 1.69. The lowest BCUT2D eigenvalue weighted by molar-refractivity contribution is 0.247. The Morgan fingerprint density at radius 2 is 1.91 bits per heavy atom. The second kappa shape index (κ2) is 6.18. The number of rotatable bonds is 4. The van der Waals surface area contributed by atoms with E-state index in [9.17, 15) is 9.18 Å². The van der Waals surface area contributed by atoms with Crippen molar-refractivity contribution >= 4 is 11.7 Å². The molecule has 3 nitrogen and oxygen atoms in total. The fourth-order valence-electron chi connectivity index (χ4n) is 2.58. The molecule has 0 radical (unpaired) electrons. The van der Waals surface area contributed by atoms with Gasteiger partial charge in [0.15, 0.2) is 0 Å². The Morgan fingerprint density at radius 3 is 2.55 bits per heavy atom. The van der Waals surface area contributed by atoms with Gasteiger partial charge in [-0.3, -0.25) is 0 Å². The number of amides is 2. The summed E-state index contributed by atoms with van der Waals surface area (Å²) < 4.78 is 13.8. The van der Waals surface area contributed by atoms with Gasteiger partial charge in [0.05, 0.1) is 11.7 Å². The van der Waals surface area contributed by atoms with Crippen molar-refractivity contribution in [2.24, 2.45) is 5.92 Å². The van der Waals surface area contributed by atoms with E-state index in [0.29, 0.717) is 5.92 Å². The Morgan fingerprint density at radius 1 is 1.18 bits per heavy atom. The fraction of sp³-hybridized carbons (Fsp3) is 0.278. The molecule has 1 saturated carbocycles. The number of halogens is 1. The Kier molecular flexibility index (Phi) is 4.09. The molecular weight excluding hydrogens is 279 g/mol. The zero-order chi connectivity index (χ0) is 15.5. The third-order valence-corrected chi connectivity index (χ3v) is 3.91. The van der Waals surface area contributed by atoms with Crippen LogP contribution in [0, 0.1) is 18.7 Å². The van der Waals surface area contributed by atoms with Gasteiger partial charge in [-0.15, -0.1) is 0 Å². The van der Waals surface area contributed by atoms with Crippen LogP contribution >= 0.6 is 0 Å². The molecule has 0 heterocycles. The highest BCUT2D eigenvalue weighted by Gasteiger charge is 2.33. The standard InChI is InChI=1S/C18H19FN2O/c1-12-7-10-16(15(19)11-12)20-18(22)21-17(14-8-9-14)13-5-3-2-4-6-13/h2-7,10-11,14,17H,8-9H2,1H3,(H2,20,21,22). The zero-order valence-corrected chi connectivity index (χ0v) is 12.5. The summed E-state index contributed by atoms with van der Waals surface area (Å²) in [5.74, 6) is 0.0499. The van der Waals surface area contributed by atoms with Gasteiger partial charge in [0.2, 0.25) is 0 Å². The monoisotopic (exact) mass is 298 g/mol. The van der Waals surface area contributed by atoms with Crippen molar-refractivity contribution in [2.45, 2.75) is 25.8 Å². The van der Waals surface area contributed by atoms with Gasteiger partial charge in [-0.05, 0) is 48.9 Å². The number of nitrogens with one attached hydrogen (secondary N) is 2. The fourth-order valence-corrected chi connectivity index (χ4v) is 2.58. The van der Waals surface area contributed by atoms with Gasteiger partial charge in [-0.25, -0.2) is 9.18 Å². The largest absolute Gasteiger partial charge is 0.331 e. The number of benzene rings is 2. The predicted octanol–water partition coefficient (Wildman–Crippen LogP) is 4.41. The van der Waals surface area contributed by atoms with Gasteiger partial charge in [-0.1, -0.05) is 36.4 Å². The molecule has 0 bridgehead atoms. The lowest BCUT2D eigenvalue weighted by Gasteiger charge is -2.19. The first-order valence-electron chi connectivity index (χ1n) is 7.52. The zero-order valence-electron chi connectivity index (χ0n) is 12.5. The predicted molar refractivity (Wildman–Crippen MR) is 85.2 cm³/mol. The summed E-state index contributed by atoms with van der Waals surface area (Å²) in [5.41, 5.74) is 2.11. The summed E-state index contributed by atoms with van der Waals surface area (Å²) >= 11 is 0. The van der Waals surface area contributed by atoms with E-state index in [2.05, 4.69) is 10.6 Å². The SMILES string of the molecule is Cc1ccc(NC(=O)NC(c2ccccc2)C2CC2)c(F)c1. The maximum absolute atomic E-state index is 13.8. The maximum Gasteiger partial charge on any atom is 0.319 e. The Bertz CT molecular complexity index is 668. The van der Waals surface area contributed by atoms with Crippen molar-refractivity contribution in [3.8, 4) is 0 Å². The lowest BCUT2D eigenvalue weighted by atomic mass is 10.0. The molecule has 0 aliphatic heterocycles. The van der Waals surface area contributed by atoms with Crippen LogP contribution in [0.25, 0.3) is 0 Å². The number of urea groups is 1. The van der Waals surface area contributed by atoms with Gasteiger partial charge < -0.3 is 10.6 Å². The highest BCUT2D eigenvalue weighted by molar-refractivity contribution is 5.89. The molecule has 1 aliphatic carbocycles. The molecule has 1 fully saturated rings. The number of hydrogen-bond donors (Lipinski definition) is 2. The summed E-state index contributed by atoms with van der Waals surface area (Å²) in [7, 11) is 0. The van der Waals surface area contributed by atoms with Gasteiger partial charge >= 0.3 is 6.03 Å². The number of aryl methyl sites for hydroxylation is 1. The molecule has 2 amide bonds. The molecule has 22 heavy (non-hydrogen) atoms. The number of hydrogen-bond acceptors (Lipinski definition) is 1. The van der Waals surface area contributed by atoms with Crippen molar-refractivity contribution in [1.82, 2.24) is 5.32 Å². The molecule has 0 aromatic heterocycles. The number of carbonyl (C=O) groups excluding carboxylic acids is 1. The first kappa shape index (κ1) is 14.6. The summed E-state index contributed by atoms with van der Waals surface area (Å²) in [6.45, 7) is 1.81. The first-order chi connectivity index (χ1) is 10.6. The summed E-state index contributed by atoms with van der Waals surface area (Å²) in [6, 6.07) is 14.3. The van der Waals surface area contributed by atoms with Crippen molar-refractivity contribution in [3.63, 3.8) is 0 Å². The van der Waals surface area contributed by atoms with E-state index >= 15 is 0 Å². The van der Waals surface area contributed by atoms with Gasteiger partial charge in [0, 0.05) is 0 Å². The average Bonchev–Trinajstić information content (AvgIpc) is 3.33. The quantitative estimate of drug-likeness (QED) is 0.862. The van der Waals surface area contributed by atoms with E-state index in [-0.39, 0.29) is 17.8 Å². The van der Waals surface area contributed by atoms with Crippen LogP contribution in [0.1, 0.15) is 30.0 Å². The van der Waals surface area contributed by atoms with Crippen LogP contribution in [-0.4, -0.2) is 6.03 Å². The van der Waals surface area contributed by atoms with Crippen LogP contribution < -0.4 is 10.6 Å². The highest BCUT2D eigenvalue weighted by atomic mass is 19.1. The van der Waals surface area contributed by atoms with E-state index in [4.69, 9.17) is 0 Å². The Labute approximate surface area is 129 Å². The molecule has 1 unspecified atom stereocenters. The molecular formula is C18H19FN2O. The van der Waals surface area contributed by atoms with Crippen LogP contribution in [0.2, 0.25) is 0 Å². The van der Waals surface area contributed by atoms with E-state index < -0.39 is 5.82 Å². The number of carbonyl (C=O) groups is 1. The molecule has 1 aliphatic rings. The Hall–Kier alpha value is -2.36. The minimum absolute atomic E-state index is 0.0188. The lowest BCUT2D eigenvalue weighted by Crippen LogP contribution is -2.33. The van der Waals surface area contributed by atoms with Crippen molar-refractivity contribution in [1.29, 1.82) is 0 Å². The van der Waals surface area contributed by atoms with Gasteiger partial charge in [0.1, 0.15) is 5.82 Å².